The summed E-state index contributed by atoms with van der Waals surface area (Å²) in [6.45, 7) is 7.83. The molecule has 0 bridgehead atoms. The van der Waals surface area contributed by atoms with E-state index in [1.54, 1.807) is 18.4 Å². The fraction of sp³-hybridized carbons (Fsp3) is 0.429. The van der Waals surface area contributed by atoms with Crippen LogP contribution in [0.3, 0.4) is 0 Å². The van der Waals surface area contributed by atoms with Gasteiger partial charge in [-0.05, 0) is 36.8 Å². The summed E-state index contributed by atoms with van der Waals surface area (Å²) in [5.74, 6) is 0.799. The maximum atomic E-state index is 10.8. The Morgan fingerprint density at radius 2 is 1.89 bits per heavy atom. The van der Waals surface area contributed by atoms with Gasteiger partial charge in [-0.2, -0.15) is 0 Å². The van der Waals surface area contributed by atoms with Crippen molar-refractivity contribution in [2.75, 3.05) is 40.0 Å². The number of fused-ring (bicyclic) bond motifs is 1. The Balaban J connectivity index is 1.53. The average Bonchev–Trinajstić information content (AvgIpc) is 3.24. The summed E-state index contributed by atoms with van der Waals surface area (Å²) < 4.78 is 13.0. The summed E-state index contributed by atoms with van der Waals surface area (Å²) in [6, 6.07) is 12.0. The quantitative estimate of drug-likeness (QED) is 0.705. The molecule has 1 unspecified atom stereocenters. The lowest BCUT2D eigenvalue weighted by Gasteiger charge is -2.26. The summed E-state index contributed by atoms with van der Waals surface area (Å²) in [4.78, 5) is 4.67. The zero-order chi connectivity index (χ0) is 18.8. The van der Waals surface area contributed by atoms with Crippen molar-refractivity contribution >= 4 is 21.6 Å². The Kier molecular flexibility index (Phi) is 5.50. The van der Waals surface area contributed by atoms with Crippen LogP contribution >= 0.6 is 11.3 Å². The maximum Gasteiger partial charge on any atom is 0.118 e. The number of hydrogen-bond donors (Lipinski definition) is 1. The van der Waals surface area contributed by atoms with E-state index in [9.17, 15) is 5.11 Å². The van der Waals surface area contributed by atoms with E-state index in [0.717, 1.165) is 55.6 Å². The predicted molar refractivity (Wildman–Crippen MR) is 109 cm³/mol. The average molecular weight is 387 g/mol. The molecule has 1 aliphatic rings. The Labute approximate surface area is 163 Å². The van der Waals surface area contributed by atoms with Gasteiger partial charge in [-0.25, -0.2) is 0 Å². The lowest BCUT2D eigenvalue weighted by molar-refractivity contribution is 0.0365. The number of morpholine rings is 1. The monoisotopic (exact) mass is 386 g/mol. The highest BCUT2D eigenvalue weighted by Crippen LogP contribution is 2.35. The van der Waals surface area contributed by atoms with Gasteiger partial charge in [0.15, 0.2) is 0 Å². The molecule has 0 saturated carbocycles. The topological polar surface area (TPSA) is 46.9 Å². The summed E-state index contributed by atoms with van der Waals surface area (Å²) in [5.41, 5.74) is 2.16. The van der Waals surface area contributed by atoms with Gasteiger partial charge in [-0.15, -0.1) is 11.3 Å². The van der Waals surface area contributed by atoms with Gasteiger partial charge in [0.1, 0.15) is 16.7 Å². The molecule has 27 heavy (non-hydrogen) atoms. The highest BCUT2D eigenvalue weighted by atomic mass is 32.1. The Morgan fingerprint density at radius 1 is 1.15 bits per heavy atom. The molecule has 3 heterocycles. The molecule has 1 aromatic carbocycles. The van der Waals surface area contributed by atoms with Crippen molar-refractivity contribution in [3.63, 3.8) is 0 Å². The van der Waals surface area contributed by atoms with Gasteiger partial charge in [0.2, 0.25) is 0 Å². The van der Waals surface area contributed by atoms with Crippen LogP contribution in [0.1, 0.15) is 22.2 Å². The van der Waals surface area contributed by atoms with Crippen molar-refractivity contribution in [3.8, 4) is 5.75 Å². The molecule has 3 aromatic rings. The number of nitrogens with zero attached hydrogens (tertiary/aromatic N) is 2. The first-order valence-electron chi connectivity index (χ1n) is 9.37. The molecule has 0 aliphatic carbocycles. The maximum absolute atomic E-state index is 10.8. The fourth-order valence-corrected chi connectivity index (χ4v) is 4.86. The largest absolute Gasteiger partial charge is 0.497 e. The first-order valence-corrected chi connectivity index (χ1v) is 10.2. The Morgan fingerprint density at radius 3 is 2.59 bits per heavy atom. The van der Waals surface area contributed by atoms with Crippen LogP contribution in [0, 0.1) is 6.92 Å². The normalized spacial score (nSPS) is 16.7. The molecular weight excluding hydrogens is 360 g/mol. The second-order valence-corrected chi connectivity index (χ2v) is 8.04. The van der Waals surface area contributed by atoms with Crippen LogP contribution < -0.4 is 4.74 Å². The van der Waals surface area contributed by atoms with Gasteiger partial charge in [0, 0.05) is 42.1 Å². The molecule has 6 heteroatoms. The van der Waals surface area contributed by atoms with E-state index >= 15 is 0 Å². The van der Waals surface area contributed by atoms with Crippen LogP contribution in [-0.4, -0.2) is 54.5 Å². The van der Waals surface area contributed by atoms with Crippen molar-refractivity contribution in [1.29, 1.82) is 0 Å². The predicted octanol–water partition coefficient (Wildman–Crippen LogP) is 3.43. The zero-order valence-electron chi connectivity index (χ0n) is 15.9. The second kappa shape index (κ2) is 8.02. The summed E-state index contributed by atoms with van der Waals surface area (Å²) in [5, 5.41) is 12.0. The van der Waals surface area contributed by atoms with E-state index in [1.165, 1.54) is 15.9 Å². The van der Waals surface area contributed by atoms with Crippen LogP contribution in [0.25, 0.3) is 10.2 Å². The number of aliphatic hydroxyl groups excluding tert-OH is 1. The van der Waals surface area contributed by atoms with Gasteiger partial charge in [-0.1, -0.05) is 12.1 Å². The number of aryl methyl sites for hydroxylation is 1. The van der Waals surface area contributed by atoms with Crippen molar-refractivity contribution in [2.45, 2.75) is 19.6 Å². The molecule has 0 spiro atoms. The van der Waals surface area contributed by atoms with Crippen LogP contribution in [0.2, 0.25) is 0 Å². The van der Waals surface area contributed by atoms with Gasteiger partial charge in [-0.3, -0.25) is 4.90 Å². The summed E-state index contributed by atoms with van der Waals surface area (Å²) in [6.07, 6.45) is -0.610. The number of benzene rings is 1. The number of thiophene rings is 1. The molecule has 0 radical (unpaired) electrons. The minimum atomic E-state index is -0.610. The molecule has 1 N–H and O–H groups in total. The lowest BCUT2D eigenvalue weighted by atomic mass is 10.1. The Bertz CT molecular complexity index is 894. The van der Waals surface area contributed by atoms with Crippen molar-refractivity contribution < 1.29 is 14.6 Å². The van der Waals surface area contributed by atoms with E-state index in [0.29, 0.717) is 0 Å². The standard InChI is InChI=1S/C21H26N2O3S/c1-15-13-17-14-19(20(24)16-3-5-18(25-2)6-4-16)27-21(17)23(15)8-7-22-9-11-26-12-10-22/h3-6,13-14,20,24H,7-12H2,1-2H3. The van der Waals surface area contributed by atoms with Crippen LogP contribution in [0.4, 0.5) is 0 Å². The number of rotatable bonds is 6. The third-order valence-electron chi connectivity index (χ3n) is 5.24. The van der Waals surface area contributed by atoms with E-state index in [2.05, 4.69) is 28.5 Å². The Hall–Kier alpha value is -1.86. The smallest absolute Gasteiger partial charge is 0.118 e. The molecule has 1 atom stereocenters. The molecule has 0 amide bonds. The molecule has 5 nitrogen and oxygen atoms in total. The molecule has 1 fully saturated rings. The lowest BCUT2D eigenvalue weighted by Crippen LogP contribution is -2.38. The highest BCUT2D eigenvalue weighted by molar-refractivity contribution is 7.18. The zero-order valence-corrected chi connectivity index (χ0v) is 16.7. The number of methoxy groups -OCH3 is 1. The number of ether oxygens (including phenoxy) is 2. The van der Waals surface area contributed by atoms with Gasteiger partial charge in [0.05, 0.1) is 20.3 Å². The van der Waals surface area contributed by atoms with Crippen LogP contribution in [0.5, 0.6) is 5.75 Å². The third-order valence-corrected chi connectivity index (χ3v) is 6.47. The van der Waals surface area contributed by atoms with Gasteiger partial charge in [0.25, 0.3) is 0 Å². The number of hydrogen-bond acceptors (Lipinski definition) is 5. The molecule has 1 saturated heterocycles. The number of aromatic nitrogens is 1. The molecule has 2 aromatic heterocycles. The second-order valence-electron chi connectivity index (χ2n) is 6.98. The first kappa shape index (κ1) is 18.5. The third kappa shape index (κ3) is 3.89. The van der Waals surface area contributed by atoms with Crippen LogP contribution in [-0.2, 0) is 11.3 Å². The first-order chi connectivity index (χ1) is 13.2. The highest BCUT2D eigenvalue weighted by Gasteiger charge is 2.18. The van der Waals surface area contributed by atoms with Crippen molar-refractivity contribution in [2.24, 2.45) is 0 Å². The van der Waals surface area contributed by atoms with Crippen molar-refractivity contribution in [3.05, 3.63) is 52.5 Å². The van der Waals surface area contributed by atoms with Gasteiger partial charge >= 0.3 is 0 Å². The minimum Gasteiger partial charge on any atom is -0.497 e. The summed E-state index contributed by atoms with van der Waals surface area (Å²) in [7, 11) is 1.65. The van der Waals surface area contributed by atoms with Crippen molar-refractivity contribution in [1.82, 2.24) is 9.47 Å². The van der Waals surface area contributed by atoms with E-state index in [-0.39, 0.29) is 0 Å². The summed E-state index contributed by atoms with van der Waals surface area (Å²) >= 11 is 1.68. The molecule has 1 aliphatic heterocycles. The van der Waals surface area contributed by atoms with Crippen LogP contribution in [0.15, 0.2) is 36.4 Å². The molecule has 4 rings (SSSR count). The van der Waals surface area contributed by atoms with E-state index in [4.69, 9.17) is 9.47 Å². The number of aliphatic hydroxyl groups is 1. The minimum absolute atomic E-state index is 0.610. The van der Waals surface area contributed by atoms with E-state index in [1.807, 2.05) is 24.3 Å². The van der Waals surface area contributed by atoms with Gasteiger partial charge < -0.3 is 19.1 Å². The SMILES string of the molecule is COc1ccc(C(O)c2cc3cc(C)n(CCN4CCOCC4)c3s2)cc1. The van der Waals surface area contributed by atoms with E-state index < -0.39 is 6.10 Å². The molecule has 144 valence electrons. The molecular formula is C21H26N2O3S. The fourth-order valence-electron chi connectivity index (χ4n) is 3.62.